The lowest BCUT2D eigenvalue weighted by Crippen LogP contribution is -2.10. The highest BCUT2D eigenvalue weighted by molar-refractivity contribution is 5.25. The lowest BCUT2D eigenvalue weighted by molar-refractivity contribution is 0.405. The van der Waals surface area contributed by atoms with Gasteiger partial charge in [0.1, 0.15) is 11.8 Å². The van der Waals surface area contributed by atoms with Crippen molar-refractivity contribution >= 4 is 0 Å². The molecule has 1 aromatic rings. The first-order chi connectivity index (χ1) is 5.94. The van der Waals surface area contributed by atoms with Crippen molar-refractivity contribution in [3.8, 4) is 6.07 Å². The van der Waals surface area contributed by atoms with Crippen molar-refractivity contribution in [1.82, 2.24) is 15.0 Å². The Morgan fingerprint density at radius 1 is 1.46 bits per heavy atom. The zero-order chi connectivity index (χ0) is 10.1. The molecule has 0 N–H and O–H groups in total. The zero-order valence-electron chi connectivity index (χ0n) is 8.50. The topological polar surface area (TPSA) is 54.5 Å². The van der Waals surface area contributed by atoms with E-state index in [1.54, 1.807) is 7.05 Å². The molecule has 0 bridgehead atoms. The molecular weight excluding hydrogens is 164 g/mol. The number of aromatic nitrogens is 3. The molecule has 70 valence electrons. The van der Waals surface area contributed by atoms with E-state index in [1.165, 1.54) is 4.68 Å². The molecule has 0 aliphatic carbocycles. The van der Waals surface area contributed by atoms with E-state index in [1.807, 2.05) is 0 Å². The van der Waals surface area contributed by atoms with Crippen LogP contribution in [0.1, 0.15) is 32.2 Å². The molecule has 0 saturated carbocycles. The molecule has 0 unspecified atom stereocenters. The van der Waals surface area contributed by atoms with Gasteiger partial charge in [0.25, 0.3) is 0 Å². The Labute approximate surface area is 78.2 Å². The van der Waals surface area contributed by atoms with Crippen molar-refractivity contribution in [2.75, 3.05) is 0 Å². The standard InChI is InChI=1S/C9H14N4/c1-9(2,3)5-7-8(6-10)13(4)12-11-7/h5H2,1-4H3. The Morgan fingerprint density at radius 3 is 2.54 bits per heavy atom. The molecule has 0 radical (unpaired) electrons. The number of rotatable bonds is 1. The van der Waals surface area contributed by atoms with Gasteiger partial charge in [0.15, 0.2) is 5.69 Å². The van der Waals surface area contributed by atoms with Crippen LogP contribution in [0.25, 0.3) is 0 Å². The van der Waals surface area contributed by atoms with Gasteiger partial charge in [-0.3, -0.25) is 0 Å². The third-order valence-corrected chi connectivity index (χ3v) is 1.70. The predicted octanol–water partition coefficient (Wildman–Crippen LogP) is 1.28. The van der Waals surface area contributed by atoms with Crippen molar-refractivity contribution in [2.24, 2.45) is 12.5 Å². The first-order valence-corrected chi connectivity index (χ1v) is 4.23. The second kappa shape index (κ2) is 3.17. The van der Waals surface area contributed by atoms with Crippen LogP contribution in [-0.4, -0.2) is 15.0 Å². The normalized spacial score (nSPS) is 11.3. The molecule has 0 spiro atoms. The SMILES string of the molecule is Cn1nnc(CC(C)(C)C)c1C#N. The van der Waals surface area contributed by atoms with Crippen LogP contribution in [0.15, 0.2) is 0 Å². The highest BCUT2D eigenvalue weighted by Gasteiger charge is 2.18. The molecule has 1 heterocycles. The first-order valence-electron chi connectivity index (χ1n) is 4.23. The van der Waals surface area contributed by atoms with Gasteiger partial charge in [-0.25, -0.2) is 4.68 Å². The summed E-state index contributed by atoms with van der Waals surface area (Å²) in [6, 6.07) is 2.10. The van der Waals surface area contributed by atoms with Gasteiger partial charge >= 0.3 is 0 Å². The van der Waals surface area contributed by atoms with E-state index in [-0.39, 0.29) is 5.41 Å². The summed E-state index contributed by atoms with van der Waals surface area (Å²) in [4.78, 5) is 0. The number of nitrogens with zero attached hydrogens (tertiary/aromatic N) is 4. The molecule has 0 aromatic carbocycles. The van der Waals surface area contributed by atoms with Gasteiger partial charge in [-0.05, 0) is 11.8 Å². The third-order valence-electron chi connectivity index (χ3n) is 1.70. The fourth-order valence-corrected chi connectivity index (χ4v) is 1.16. The van der Waals surface area contributed by atoms with Crippen molar-refractivity contribution in [3.05, 3.63) is 11.4 Å². The minimum absolute atomic E-state index is 0.141. The summed E-state index contributed by atoms with van der Waals surface area (Å²) in [6.45, 7) is 6.34. The van der Waals surface area contributed by atoms with Crippen LogP contribution < -0.4 is 0 Å². The van der Waals surface area contributed by atoms with Crippen LogP contribution in [0, 0.1) is 16.7 Å². The van der Waals surface area contributed by atoms with E-state index in [2.05, 4.69) is 37.2 Å². The van der Waals surface area contributed by atoms with Gasteiger partial charge in [0.2, 0.25) is 0 Å². The molecule has 4 nitrogen and oxygen atoms in total. The Bertz CT molecular complexity index is 337. The predicted molar refractivity (Wildman–Crippen MR) is 48.9 cm³/mol. The number of aryl methyl sites for hydroxylation is 1. The molecule has 0 aliphatic rings. The fourth-order valence-electron chi connectivity index (χ4n) is 1.16. The zero-order valence-corrected chi connectivity index (χ0v) is 8.50. The summed E-state index contributed by atoms with van der Waals surface area (Å²) in [5.41, 5.74) is 1.49. The van der Waals surface area contributed by atoms with Crippen LogP contribution in [0.5, 0.6) is 0 Å². The van der Waals surface area contributed by atoms with Crippen LogP contribution in [0.2, 0.25) is 0 Å². The Morgan fingerprint density at radius 2 is 2.08 bits per heavy atom. The number of hydrogen-bond donors (Lipinski definition) is 0. The molecule has 0 aliphatic heterocycles. The molecule has 0 amide bonds. The van der Waals surface area contributed by atoms with Crippen LogP contribution in [0.4, 0.5) is 0 Å². The smallest absolute Gasteiger partial charge is 0.161 e. The molecule has 0 atom stereocenters. The average Bonchev–Trinajstić information content (AvgIpc) is 2.28. The van der Waals surface area contributed by atoms with Gasteiger partial charge in [0, 0.05) is 7.05 Å². The van der Waals surface area contributed by atoms with Crippen LogP contribution >= 0.6 is 0 Å². The minimum Gasteiger partial charge on any atom is -0.237 e. The van der Waals surface area contributed by atoms with Gasteiger partial charge < -0.3 is 0 Å². The summed E-state index contributed by atoms with van der Waals surface area (Å²) in [6.07, 6.45) is 0.781. The van der Waals surface area contributed by atoms with Crippen molar-refractivity contribution in [2.45, 2.75) is 27.2 Å². The number of hydrogen-bond acceptors (Lipinski definition) is 3. The van der Waals surface area contributed by atoms with E-state index >= 15 is 0 Å². The fraction of sp³-hybridized carbons (Fsp3) is 0.667. The second-order valence-electron chi connectivity index (χ2n) is 4.36. The van der Waals surface area contributed by atoms with E-state index in [4.69, 9.17) is 5.26 Å². The highest BCUT2D eigenvalue weighted by Crippen LogP contribution is 2.20. The molecule has 0 fully saturated rings. The second-order valence-corrected chi connectivity index (χ2v) is 4.36. The molecule has 1 aromatic heterocycles. The summed E-state index contributed by atoms with van der Waals surface area (Å²) >= 11 is 0. The minimum atomic E-state index is 0.141. The summed E-state index contributed by atoms with van der Waals surface area (Å²) in [5.74, 6) is 0. The maximum Gasteiger partial charge on any atom is 0.161 e. The largest absolute Gasteiger partial charge is 0.237 e. The van der Waals surface area contributed by atoms with Gasteiger partial charge in [-0.1, -0.05) is 26.0 Å². The molecule has 1 rings (SSSR count). The number of nitriles is 1. The summed E-state index contributed by atoms with van der Waals surface area (Å²) < 4.78 is 1.51. The van der Waals surface area contributed by atoms with E-state index < -0.39 is 0 Å². The molecular formula is C9H14N4. The molecule has 4 heteroatoms. The highest BCUT2D eigenvalue weighted by atomic mass is 15.4. The molecule has 13 heavy (non-hydrogen) atoms. The maximum absolute atomic E-state index is 8.83. The lowest BCUT2D eigenvalue weighted by atomic mass is 9.90. The Balaban J connectivity index is 2.97. The first kappa shape index (κ1) is 9.72. The summed E-state index contributed by atoms with van der Waals surface area (Å²) in [5, 5.41) is 16.6. The van der Waals surface area contributed by atoms with Gasteiger partial charge in [0.05, 0.1) is 0 Å². The maximum atomic E-state index is 8.83. The van der Waals surface area contributed by atoms with Gasteiger partial charge in [-0.2, -0.15) is 5.26 Å². The van der Waals surface area contributed by atoms with E-state index in [9.17, 15) is 0 Å². The van der Waals surface area contributed by atoms with Crippen LogP contribution in [-0.2, 0) is 13.5 Å². The third kappa shape index (κ3) is 2.28. The van der Waals surface area contributed by atoms with Crippen molar-refractivity contribution in [1.29, 1.82) is 5.26 Å². The van der Waals surface area contributed by atoms with Gasteiger partial charge in [-0.15, -0.1) is 5.10 Å². The monoisotopic (exact) mass is 178 g/mol. The Hall–Kier alpha value is -1.37. The van der Waals surface area contributed by atoms with Crippen LogP contribution in [0.3, 0.4) is 0 Å². The molecule has 0 saturated heterocycles. The quantitative estimate of drug-likeness (QED) is 0.650. The van der Waals surface area contributed by atoms with Crippen molar-refractivity contribution < 1.29 is 0 Å². The lowest BCUT2D eigenvalue weighted by Gasteiger charge is -2.15. The van der Waals surface area contributed by atoms with Crippen molar-refractivity contribution in [3.63, 3.8) is 0 Å². The summed E-state index contributed by atoms with van der Waals surface area (Å²) in [7, 11) is 1.73. The van der Waals surface area contributed by atoms with E-state index in [0.717, 1.165) is 12.1 Å². The average molecular weight is 178 g/mol. The Kier molecular flexibility index (Phi) is 2.37. The van der Waals surface area contributed by atoms with E-state index in [0.29, 0.717) is 5.69 Å².